The van der Waals surface area contributed by atoms with Gasteiger partial charge in [0.1, 0.15) is 5.82 Å². The molecule has 0 saturated carbocycles. The van der Waals surface area contributed by atoms with E-state index < -0.39 is 0 Å². The van der Waals surface area contributed by atoms with Crippen molar-refractivity contribution in [3.63, 3.8) is 0 Å². The molecule has 4 heteroatoms. The highest BCUT2D eigenvalue weighted by Crippen LogP contribution is 2.24. The number of halogens is 1. The number of benzene rings is 1. The monoisotopic (exact) mass is 247 g/mol. The van der Waals surface area contributed by atoms with Crippen molar-refractivity contribution in [2.24, 2.45) is 7.05 Å². The third-order valence-corrected chi connectivity index (χ3v) is 3.03. The Bertz CT molecular complexity index is 534. The molecule has 2 rings (SSSR count). The van der Waals surface area contributed by atoms with Gasteiger partial charge in [-0.3, -0.25) is 4.68 Å². The molecule has 1 N–H and O–H groups in total. The standard InChI is InChI=1S/C14H18FN3/c1-4-16-14(13-7-8-17-18(13)3)11-6-5-10(2)9-12(11)15/h5-9,14,16H,4H2,1-3H3. The molecule has 1 aromatic heterocycles. The van der Waals surface area contributed by atoms with Crippen molar-refractivity contribution in [1.29, 1.82) is 0 Å². The minimum atomic E-state index is -0.179. The average Bonchev–Trinajstić information content (AvgIpc) is 2.73. The molecule has 96 valence electrons. The Morgan fingerprint density at radius 2 is 2.17 bits per heavy atom. The molecule has 3 nitrogen and oxygen atoms in total. The summed E-state index contributed by atoms with van der Waals surface area (Å²) in [6.45, 7) is 4.66. The van der Waals surface area contributed by atoms with Gasteiger partial charge in [-0.15, -0.1) is 0 Å². The second-order valence-corrected chi connectivity index (χ2v) is 4.40. The predicted octanol–water partition coefficient (Wildman–Crippen LogP) is 2.57. The Labute approximate surface area is 107 Å². The molecule has 0 bridgehead atoms. The van der Waals surface area contributed by atoms with E-state index >= 15 is 0 Å². The third-order valence-electron chi connectivity index (χ3n) is 3.03. The lowest BCUT2D eigenvalue weighted by Crippen LogP contribution is -2.25. The molecule has 0 spiro atoms. The van der Waals surface area contributed by atoms with Gasteiger partial charge in [0.15, 0.2) is 0 Å². The maximum atomic E-state index is 14.1. The summed E-state index contributed by atoms with van der Waals surface area (Å²) in [5, 5.41) is 7.45. The Morgan fingerprint density at radius 3 is 2.72 bits per heavy atom. The van der Waals surface area contributed by atoms with Gasteiger partial charge in [-0.25, -0.2) is 4.39 Å². The Balaban J connectivity index is 2.45. The van der Waals surface area contributed by atoms with Gasteiger partial charge in [0.25, 0.3) is 0 Å². The summed E-state index contributed by atoms with van der Waals surface area (Å²) >= 11 is 0. The molecular formula is C14H18FN3. The van der Waals surface area contributed by atoms with Crippen LogP contribution in [0.1, 0.15) is 29.8 Å². The first-order chi connectivity index (χ1) is 8.63. The van der Waals surface area contributed by atoms with Crippen LogP contribution in [-0.2, 0) is 7.05 Å². The van der Waals surface area contributed by atoms with Crippen LogP contribution in [0.15, 0.2) is 30.5 Å². The number of hydrogen-bond donors (Lipinski definition) is 1. The molecule has 0 aliphatic carbocycles. The normalized spacial score (nSPS) is 12.7. The molecule has 18 heavy (non-hydrogen) atoms. The molecule has 1 heterocycles. The second-order valence-electron chi connectivity index (χ2n) is 4.40. The van der Waals surface area contributed by atoms with E-state index in [1.807, 2.05) is 39.1 Å². The topological polar surface area (TPSA) is 29.9 Å². The van der Waals surface area contributed by atoms with Crippen molar-refractivity contribution in [2.75, 3.05) is 6.54 Å². The summed E-state index contributed by atoms with van der Waals surface area (Å²) in [5.74, 6) is -0.179. The smallest absolute Gasteiger partial charge is 0.128 e. The van der Waals surface area contributed by atoms with E-state index in [1.165, 1.54) is 0 Å². The lowest BCUT2D eigenvalue weighted by molar-refractivity contribution is 0.531. The van der Waals surface area contributed by atoms with Gasteiger partial charge < -0.3 is 5.32 Å². The molecule has 0 aliphatic heterocycles. The average molecular weight is 247 g/mol. The van der Waals surface area contributed by atoms with Gasteiger partial charge in [0.05, 0.1) is 11.7 Å². The zero-order chi connectivity index (χ0) is 13.1. The number of aromatic nitrogens is 2. The first kappa shape index (κ1) is 12.8. The first-order valence-corrected chi connectivity index (χ1v) is 6.10. The van der Waals surface area contributed by atoms with Crippen LogP contribution in [0.5, 0.6) is 0 Å². The van der Waals surface area contributed by atoms with Crippen LogP contribution in [0.3, 0.4) is 0 Å². The molecule has 0 aliphatic rings. The van der Waals surface area contributed by atoms with Crippen LogP contribution in [0.25, 0.3) is 0 Å². The summed E-state index contributed by atoms with van der Waals surface area (Å²) in [7, 11) is 1.87. The van der Waals surface area contributed by atoms with E-state index in [4.69, 9.17) is 0 Å². The van der Waals surface area contributed by atoms with E-state index in [0.717, 1.165) is 17.8 Å². The van der Waals surface area contributed by atoms with E-state index in [0.29, 0.717) is 5.56 Å². The van der Waals surface area contributed by atoms with Gasteiger partial charge >= 0.3 is 0 Å². The maximum Gasteiger partial charge on any atom is 0.128 e. The fourth-order valence-electron chi connectivity index (χ4n) is 2.11. The summed E-state index contributed by atoms with van der Waals surface area (Å²) in [6.07, 6.45) is 1.73. The lowest BCUT2D eigenvalue weighted by Gasteiger charge is -2.19. The van der Waals surface area contributed by atoms with Crippen molar-refractivity contribution in [3.8, 4) is 0 Å². The van der Waals surface area contributed by atoms with Gasteiger partial charge in [-0.1, -0.05) is 19.1 Å². The number of nitrogens with zero attached hydrogens (tertiary/aromatic N) is 2. The predicted molar refractivity (Wildman–Crippen MR) is 69.9 cm³/mol. The van der Waals surface area contributed by atoms with Crippen LogP contribution in [0.2, 0.25) is 0 Å². The SMILES string of the molecule is CCNC(c1ccc(C)cc1F)c1ccnn1C. The Hall–Kier alpha value is -1.68. The van der Waals surface area contributed by atoms with Crippen LogP contribution >= 0.6 is 0 Å². The molecule has 0 radical (unpaired) electrons. The fraction of sp³-hybridized carbons (Fsp3) is 0.357. The minimum absolute atomic E-state index is 0.164. The first-order valence-electron chi connectivity index (χ1n) is 6.10. The molecule has 2 aromatic rings. The van der Waals surface area contributed by atoms with Gasteiger partial charge in [-0.2, -0.15) is 5.10 Å². The van der Waals surface area contributed by atoms with Gasteiger partial charge in [-0.05, 0) is 31.2 Å². The Kier molecular flexibility index (Phi) is 3.77. The quantitative estimate of drug-likeness (QED) is 0.900. The van der Waals surface area contributed by atoms with E-state index in [1.54, 1.807) is 16.9 Å². The Morgan fingerprint density at radius 1 is 1.39 bits per heavy atom. The molecule has 1 aromatic carbocycles. The van der Waals surface area contributed by atoms with Crippen molar-refractivity contribution in [2.45, 2.75) is 19.9 Å². The second kappa shape index (κ2) is 5.31. The molecular weight excluding hydrogens is 229 g/mol. The maximum absolute atomic E-state index is 14.1. The third kappa shape index (κ3) is 2.43. The molecule has 0 saturated heterocycles. The van der Waals surface area contributed by atoms with Crippen LogP contribution in [0, 0.1) is 12.7 Å². The highest BCUT2D eigenvalue weighted by atomic mass is 19.1. The lowest BCUT2D eigenvalue weighted by atomic mass is 10.0. The van der Waals surface area contributed by atoms with Gasteiger partial charge in [0, 0.05) is 18.8 Å². The molecule has 1 atom stereocenters. The summed E-state index contributed by atoms with van der Waals surface area (Å²) in [6, 6.07) is 7.08. The zero-order valence-electron chi connectivity index (χ0n) is 10.9. The summed E-state index contributed by atoms with van der Waals surface area (Å²) in [4.78, 5) is 0. The van der Waals surface area contributed by atoms with E-state index in [-0.39, 0.29) is 11.9 Å². The summed E-state index contributed by atoms with van der Waals surface area (Å²) in [5.41, 5.74) is 2.54. The molecule has 0 amide bonds. The van der Waals surface area contributed by atoms with Crippen LogP contribution < -0.4 is 5.32 Å². The largest absolute Gasteiger partial charge is 0.305 e. The van der Waals surface area contributed by atoms with Crippen molar-refractivity contribution >= 4 is 0 Å². The molecule has 1 unspecified atom stereocenters. The highest BCUT2D eigenvalue weighted by molar-refractivity contribution is 5.31. The van der Waals surface area contributed by atoms with Crippen LogP contribution in [0.4, 0.5) is 4.39 Å². The van der Waals surface area contributed by atoms with E-state index in [2.05, 4.69) is 10.4 Å². The zero-order valence-corrected chi connectivity index (χ0v) is 10.9. The number of rotatable bonds is 4. The van der Waals surface area contributed by atoms with E-state index in [9.17, 15) is 4.39 Å². The van der Waals surface area contributed by atoms with Crippen molar-refractivity contribution in [1.82, 2.24) is 15.1 Å². The van der Waals surface area contributed by atoms with Crippen LogP contribution in [-0.4, -0.2) is 16.3 Å². The van der Waals surface area contributed by atoms with Crippen molar-refractivity contribution in [3.05, 3.63) is 53.1 Å². The highest BCUT2D eigenvalue weighted by Gasteiger charge is 2.19. The minimum Gasteiger partial charge on any atom is -0.305 e. The number of aryl methyl sites for hydroxylation is 2. The van der Waals surface area contributed by atoms with Gasteiger partial charge in [0.2, 0.25) is 0 Å². The fourth-order valence-corrected chi connectivity index (χ4v) is 2.11. The van der Waals surface area contributed by atoms with Crippen molar-refractivity contribution < 1.29 is 4.39 Å². The number of hydrogen-bond acceptors (Lipinski definition) is 2. The summed E-state index contributed by atoms with van der Waals surface area (Å²) < 4.78 is 15.8. The molecule has 0 fully saturated rings. The number of nitrogens with one attached hydrogen (secondary N) is 1.